The predicted molar refractivity (Wildman–Crippen MR) is 155 cm³/mol. The van der Waals surface area contributed by atoms with Gasteiger partial charge in [-0.25, -0.2) is 18.4 Å². The van der Waals surface area contributed by atoms with Crippen LogP contribution in [0.2, 0.25) is 0 Å². The van der Waals surface area contributed by atoms with Gasteiger partial charge in [0.15, 0.2) is 0 Å². The lowest BCUT2D eigenvalue weighted by atomic mass is 9.89. The van der Waals surface area contributed by atoms with Gasteiger partial charge in [0.1, 0.15) is 16.5 Å². The third kappa shape index (κ3) is 4.95. The summed E-state index contributed by atoms with van der Waals surface area (Å²) in [6, 6.07) is 6.45. The van der Waals surface area contributed by atoms with Crippen LogP contribution >= 0.6 is 11.3 Å². The fourth-order valence-electron chi connectivity index (χ4n) is 5.98. The van der Waals surface area contributed by atoms with Gasteiger partial charge in [-0.3, -0.25) is 4.79 Å². The number of fused-ring (bicyclic) bond motifs is 3. The number of nitrogens with zero attached hydrogens (tertiary/aromatic N) is 5. The van der Waals surface area contributed by atoms with Crippen LogP contribution in [-0.2, 0) is 22.9 Å². The summed E-state index contributed by atoms with van der Waals surface area (Å²) in [7, 11) is -3.49. The maximum atomic E-state index is 13.3. The zero-order chi connectivity index (χ0) is 27.3. The number of amides is 1. The van der Waals surface area contributed by atoms with Crippen LogP contribution in [0.4, 0.5) is 5.82 Å². The second-order valence-electron chi connectivity index (χ2n) is 11.5. The van der Waals surface area contributed by atoms with Gasteiger partial charge in [-0.05, 0) is 67.9 Å². The molecular formula is C29H37N5O3S2. The lowest BCUT2D eigenvalue weighted by Gasteiger charge is -2.36. The van der Waals surface area contributed by atoms with E-state index in [1.165, 1.54) is 26.6 Å². The van der Waals surface area contributed by atoms with Crippen molar-refractivity contribution in [2.75, 3.05) is 44.2 Å². The molecule has 0 bridgehead atoms. The molecule has 0 N–H and O–H groups in total. The Morgan fingerprint density at radius 2 is 1.69 bits per heavy atom. The molecule has 0 radical (unpaired) electrons. The van der Waals surface area contributed by atoms with Gasteiger partial charge in [-0.1, -0.05) is 20.8 Å². The maximum Gasteiger partial charge on any atom is 0.253 e. The average molecular weight is 568 g/mol. The lowest BCUT2D eigenvalue weighted by molar-refractivity contribution is 0.0746. The molecule has 3 aliphatic rings. The Morgan fingerprint density at radius 3 is 2.36 bits per heavy atom. The molecule has 3 aromatic rings. The van der Waals surface area contributed by atoms with Crippen LogP contribution in [0, 0.1) is 5.92 Å². The molecule has 1 aliphatic carbocycles. The van der Waals surface area contributed by atoms with Crippen molar-refractivity contribution in [3.63, 3.8) is 0 Å². The van der Waals surface area contributed by atoms with E-state index in [1.807, 2.05) is 16.2 Å². The third-order valence-electron chi connectivity index (χ3n) is 8.34. The summed E-state index contributed by atoms with van der Waals surface area (Å²) in [5.41, 5.74) is 1.96. The molecule has 0 spiro atoms. The molecule has 1 amide bonds. The summed E-state index contributed by atoms with van der Waals surface area (Å²) in [6.45, 7) is 10.3. The van der Waals surface area contributed by atoms with Crippen LogP contribution in [0.3, 0.4) is 0 Å². The largest absolute Gasteiger partial charge is 0.352 e. The lowest BCUT2D eigenvalue weighted by Crippen LogP contribution is -2.49. The Kier molecular flexibility index (Phi) is 7.14. The Hall–Kier alpha value is -2.56. The van der Waals surface area contributed by atoms with Gasteiger partial charge in [-0.15, -0.1) is 11.3 Å². The Bertz CT molecular complexity index is 1490. The molecule has 2 fully saturated rings. The van der Waals surface area contributed by atoms with Gasteiger partial charge in [-0.2, -0.15) is 4.31 Å². The van der Waals surface area contributed by atoms with Crippen LogP contribution in [0.25, 0.3) is 10.2 Å². The SMILES string of the molecule is CC(C)c1nc(N2CCN(C(=O)c3ccc(S(=O)(=O)N4CCCC4)cc3)CC2)c2c3c(sc2n1)C[C@H](C)CC3. The summed E-state index contributed by atoms with van der Waals surface area (Å²) >= 11 is 1.84. The smallest absolute Gasteiger partial charge is 0.253 e. The quantitative estimate of drug-likeness (QED) is 0.445. The average Bonchev–Trinajstić information content (AvgIpc) is 3.61. The Labute approximate surface area is 235 Å². The molecule has 0 unspecified atom stereocenters. The number of piperazine rings is 1. The van der Waals surface area contributed by atoms with E-state index in [4.69, 9.17) is 9.97 Å². The number of rotatable bonds is 5. The number of anilines is 1. The number of hydrogen-bond acceptors (Lipinski definition) is 7. The van der Waals surface area contributed by atoms with Crippen molar-refractivity contribution in [1.82, 2.24) is 19.2 Å². The van der Waals surface area contributed by atoms with Crippen LogP contribution < -0.4 is 4.90 Å². The van der Waals surface area contributed by atoms with Crippen LogP contribution in [0.5, 0.6) is 0 Å². The fourth-order valence-corrected chi connectivity index (χ4v) is 8.88. The third-order valence-corrected chi connectivity index (χ3v) is 11.4. The number of thiophene rings is 1. The van der Waals surface area contributed by atoms with Crippen LogP contribution in [0.1, 0.15) is 72.6 Å². The molecule has 2 aliphatic heterocycles. The maximum absolute atomic E-state index is 13.3. The van der Waals surface area contributed by atoms with Crippen molar-refractivity contribution in [1.29, 1.82) is 0 Å². The zero-order valence-electron chi connectivity index (χ0n) is 23.0. The summed E-state index contributed by atoms with van der Waals surface area (Å²) in [4.78, 5) is 30.4. The first-order valence-electron chi connectivity index (χ1n) is 14.2. The highest BCUT2D eigenvalue weighted by Gasteiger charge is 2.30. The second kappa shape index (κ2) is 10.4. The molecule has 0 saturated carbocycles. The highest BCUT2D eigenvalue weighted by molar-refractivity contribution is 7.89. The Balaban J connectivity index is 1.20. The molecule has 2 aromatic heterocycles. The minimum Gasteiger partial charge on any atom is -0.352 e. The van der Waals surface area contributed by atoms with Gasteiger partial charge in [0.25, 0.3) is 5.91 Å². The molecule has 39 heavy (non-hydrogen) atoms. The minimum absolute atomic E-state index is 0.0580. The highest BCUT2D eigenvalue weighted by Crippen LogP contribution is 2.41. The number of sulfonamides is 1. The number of benzene rings is 1. The van der Waals surface area contributed by atoms with Gasteiger partial charge < -0.3 is 9.80 Å². The number of carbonyl (C=O) groups excluding carboxylic acids is 1. The standard InChI is InChI=1S/C29H37N5O3S2/c1-19(2)26-30-27(25-23-11-6-20(3)18-24(23)38-28(25)31-26)32-14-16-33(17-15-32)29(35)21-7-9-22(10-8-21)39(36,37)34-12-4-5-13-34/h7-10,19-20H,4-6,11-18H2,1-3H3/t20-/m1/s1. The summed E-state index contributed by atoms with van der Waals surface area (Å²) in [5.74, 6) is 2.80. The van der Waals surface area contributed by atoms with E-state index < -0.39 is 10.0 Å². The fraction of sp³-hybridized carbons (Fsp3) is 0.552. The molecule has 2 saturated heterocycles. The number of aryl methyl sites for hydroxylation is 1. The van der Waals surface area contributed by atoms with Gasteiger partial charge in [0.05, 0.1) is 10.3 Å². The van der Waals surface area contributed by atoms with Crippen molar-refractivity contribution in [3.05, 3.63) is 46.1 Å². The van der Waals surface area contributed by atoms with Crippen LogP contribution in [-0.4, -0.2) is 72.8 Å². The van der Waals surface area contributed by atoms with Crippen LogP contribution in [0.15, 0.2) is 29.2 Å². The van der Waals surface area contributed by atoms with E-state index in [2.05, 4.69) is 25.7 Å². The van der Waals surface area contributed by atoms with E-state index in [9.17, 15) is 13.2 Å². The monoisotopic (exact) mass is 567 g/mol. The second-order valence-corrected chi connectivity index (χ2v) is 14.5. The van der Waals surface area contributed by atoms with Gasteiger partial charge >= 0.3 is 0 Å². The molecular weight excluding hydrogens is 530 g/mol. The van der Waals surface area contributed by atoms with E-state index in [-0.39, 0.29) is 16.7 Å². The molecule has 208 valence electrons. The van der Waals surface area contributed by atoms with Crippen molar-refractivity contribution in [2.24, 2.45) is 5.92 Å². The number of aromatic nitrogens is 2. The first-order valence-corrected chi connectivity index (χ1v) is 16.4. The van der Waals surface area contributed by atoms with Gasteiger partial charge in [0.2, 0.25) is 10.0 Å². The first-order chi connectivity index (χ1) is 18.7. The number of hydrogen-bond donors (Lipinski definition) is 0. The molecule has 6 rings (SSSR count). The summed E-state index contributed by atoms with van der Waals surface area (Å²) < 4.78 is 27.2. The molecule has 1 atom stereocenters. The zero-order valence-corrected chi connectivity index (χ0v) is 24.7. The Morgan fingerprint density at radius 1 is 1.00 bits per heavy atom. The van der Waals surface area contributed by atoms with E-state index >= 15 is 0 Å². The molecule has 8 nitrogen and oxygen atoms in total. The van der Waals surface area contributed by atoms with Gasteiger partial charge in [0, 0.05) is 55.6 Å². The topological polar surface area (TPSA) is 86.7 Å². The molecule has 10 heteroatoms. The highest BCUT2D eigenvalue weighted by atomic mass is 32.2. The van der Waals surface area contributed by atoms with Crippen molar-refractivity contribution in [2.45, 2.75) is 63.7 Å². The number of carbonyl (C=O) groups is 1. The van der Waals surface area contributed by atoms with E-state index in [0.717, 1.165) is 42.2 Å². The predicted octanol–water partition coefficient (Wildman–Crippen LogP) is 4.69. The molecule has 1 aromatic carbocycles. The first kappa shape index (κ1) is 26.7. The van der Waals surface area contributed by atoms with Crippen molar-refractivity contribution in [3.8, 4) is 0 Å². The summed E-state index contributed by atoms with van der Waals surface area (Å²) in [5, 5.41) is 1.22. The summed E-state index contributed by atoms with van der Waals surface area (Å²) in [6.07, 6.45) is 5.19. The van der Waals surface area contributed by atoms with E-state index in [0.29, 0.717) is 50.7 Å². The van der Waals surface area contributed by atoms with Crippen molar-refractivity contribution < 1.29 is 13.2 Å². The minimum atomic E-state index is -3.49. The van der Waals surface area contributed by atoms with E-state index in [1.54, 1.807) is 24.3 Å². The normalized spacial score (nSPS) is 20.7. The molecule has 4 heterocycles. The van der Waals surface area contributed by atoms with Crippen molar-refractivity contribution >= 4 is 43.3 Å².